The van der Waals surface area contributed by atoms with Crippen molar-refractivity contribution in [2.45, 2.75) is 0 Å². The van der Waals surface area contributed by atoms with Gasteiger partial charge in [0.15, 0.2) is 0 Å². The Morgan fingerprint density at radius 3 is 1.28 bits per heavy atom. The lowest BCUT2D eigenvalue weighted by molar-refractivity contribution is 1.18. The first-order valence-electron chi connectivity index (χ1n) is 17.1. The number of fused-ring (bicyclic) bond motifs is 3. The third kappa shape index (κ3) is 5.43. The van der Waals surface area contributed by atoms with Gasteiger partial charge >= 0.3 is 0 Å². The molecule has 0 atom stereocenters. The van der Waals surface area contributed by atoms with Gasteiger partial charge in [-0.25, -0.2) is 0 Å². The van der Waals surface area contributed by atoms with E-state index >= 15 is 0 Å². The average molecular weight is 639 g/mol. The molecule has 0 N–H and O–H groups in total. The van der Waals surface area contributed by atoms with Crippen LogP contribution in [-0.4, -0.2) is 4.57 Å². The fourth-order valence-electron chi connectivity index (χ4n) is 7.15. The first kappa shape index (κ1) is 29.5. The predicted octanol–water partition coefficient (Wildman–Crippen LogP) is 13.3. The number of rotatable bonds is 7. The largest absolute Gasteiger partial charge is 0.310 e. The monoisotopic (exact) mass is 638 g/mol. The average Bonchev–Trinajstić information content (AvgIpc) is 3.52. The molecule has 0 unspecified atom stereocenters. The Hall–Kier alpha value is -6.64. The van der Waals surface area contributed by atoms with Crippen LogP contribution in [0.5, 0.6) is 0 Å². The highest BCUT2D eigenvalue weighted by atomic mass is 15.1. The standard InChI is InChI=1S/C48H34N2/c1-5-14-35(15-6-1)38-16-13-17-39(32-38)36-24-26-37(27-25-36)40-28-30-45-46-31-29-44(34-48(46)50(47(45)33-40)43-22-11-4-12-23-43)49(41-18-7-2-8-19-41)42-20-9-3-10-21-42/h1-34H. The highest BCUT2D eigenvalue weighted by molar-refractivity contribution is 6.11. The van der Waals surface area contributed by atoms with Gasteiger partial charge in [0.05, 0.1) is 11.0 Å². The fourth-order valence-corrected chi connectivity index (χ4v) is 7.15. The second-order valence-electron chi connectivity index (χ2n) is 12.6. The van der Waals surface area contributed by atoms with Gasteiger partial charge in [-0.2, -0.15) is 0 Å². The summed E-state index contributed by atoms with van der Waals surface area (Å²) in [6.45, 7) is 0. The van der Waals surface area contributed by atoms with Crippen LogP contribution in [0.25, 0.3) is 60.9 Å². The van der Waals surface area contributed by atoms with E-state index in [2.05, 4.69) is 216 Å². The minimum Gasteiger partial charge on any atom is -0.310 e. The molecule has 8 aromatic carbocycles. The molecule has 50 heavy (non-hydrogen) atoms. The summed E-state index contributed by atoms with van der Waals surface area (Å²) in [5.41, 5.74) is 14.1. The molecule has 1 heterocycles. The number of benzene rings is 8. The maximum Gasteiger partial charge on any atom is 0.0561 e. The third-order valence-electron chi connectivity index (χ3n) is 9.57. The van der Waals surface area contributed by atoms with Crippen LogP contribution in [0, 0.1) is 0 Å². The molecule has 2 nitrogen and oxygen atoms in total. The number of anilines is 3. The zero-order valence-corrected chi connectivity index (χ0v) is 27.5. The summed E-state index contributed by atoms with van der Waals surface area (Å²) in [6, 6.07) is 74.0. The minimum absolute atomic E-state index is 1.11. The molecule has 0 saturated carbocycles. The van der Waals surface area contributed by atoms with E-state index < -0.39 is 0 Å². The third-order valence-corrected chi connectivity index (χ3v) is 9.57. The van der Waals surface area contributed by atoms with Crippen LogP contribution in [0.4, 0.5) is 17.1 Å². The van der Waals surface area contributed by atoms with Gasteiger partial charge in [0.1, 0.15) is 0 Å². The van der Waals surface area contributed by atoms with Crippen molar-refractivity contribution in [1.82, 2.24) is 4.57 Å². The summed E-state index contributed by atoms with van der Waals surface area (Å²) in [4.78, 5) is 2.33. The van der Waals surface area contributed by atoms with E-state index in [0.717, 1.165) is 22.7 Å². The van der Waals surface area contributed by atoms with Gasteiger partial charge in [0, 0.05) is 33.5 Å². The van der Waals surface area contributed by atoms with Crippen LogP contribution in [0.3, 0.4) is 0 Å². The molecule has 0 aliphatic heterocycles. The number of para-hydroxylation sites is 3. The zero-order chi connectivity index (χ0) is 33.3. The molecule has 9 rings (SSSR count). The van der Waals surface area contributed by atoms with Crippen molar-refractivity contribution in [3.05, 3.63) is 206 Å². The van der Waals surface area contributed by atoms with E-state index in [0.29, 0.717) is 0 Å². The molecule has 0 amide bonds. The summed E-state index contributed by atoms with van der Waals surface area (Å²) < 4.78 is 2.41. The Morgan fingerprint density at radius 1 is 0.280 bits per heavy atom. The lowest BCUT2D eigenvalue weighted by atomic mass is 9.97. The Bertz CT molecular complexity index is 2510. The number of hydrogen-bond acceptors (Lipinski definition) is 1. The van der Waals surface area contributed by atoms with Gasteiger partial charge in [-0.1, -0.05) is 146 Å². The fraction of sp³-hybridized carbons (Fsp3) is 0. The molecule has 236 valence electrons. The van der Waals surface area contributed by atoms with Crippen molar-refractivity contribution in [3.8, 4) is 39.1 Å². The molecule has 2 heteroatoms. The molecule has 0 fully saturated rings. The maximum absolute atomic E-state index is 2.41. The van der Waals surface area contributed by atoms with E-state index in [-0.39, 0.29) is 0 Å². The van der Waals surface area contributed by atoms with Gasteiger partial charge in [-0.05, 0) is 94.0 Å². The van der Waals surface area contributed by atoms with E-state index in [9.17, 15) is 0 Å². The van der Waals surface area contributed by atoms with Gasteiger partial charge in [0.2, 0.25) is 0 Å². The zero-order valence-electron chi connectivity index (χ0n) is 27.5. The molecule has 0 aliphatic carbocycles. The molecule has 9 aromatic rings. The Balaban J connectivity index is 1.15. The SMILES string of the molecule is c1ccc(-c2cccc(-c3ccc(-c4ccc5c6ccc(N(c7ccccc7)c7ccccc7)cc6n(-c6ccccc6)c5c4)cc3)c2)cc1. The van der Waals surface area contributed by atoms with Crippen molar-refractivity contribution in [1.29, 1.82) is 0 Å². The van der Waals surface area contributed by atoms with Crippen LogP contribution in [0.2, 0.25) is 0 Å². The van der Waals surface area contributed by atoms with Crippen LogP contribution >= 0.6 is 0 Å². The smallest absolute Gasteiger partial charge is 0.0561 e. The summed E-state index contributed by atoms with van der Waals surface area (Å²) in [6.07, 6.45) is 0. The molecule has 0 saturated heterocycles. The summed E-state index contributed by atoms with van der Waals surface area (Å²) in [5.74, 6) is 0. The van der Waals surface area contributed by atoms with Crippen molar-refractivity contribution in [2.75, 3.05) is 4.90 Å². The van der Waals surface area contributed by atoms with Gasteiger partial charge in [-0.15, -0.1) is 0 Å². The van der Waals surface area contributed by atoms with E-state index in [4.69, 9.17) is 0 Å². The van der Waals surface area contributed by atoms with Gasteiger partial charge in [0.25, 0.3) is 0 Å². The van der Waals surface area contributed by atoms with Crippen molar-refractivity contribution in [2.24, 2.45) is 0 Å². The van der Waals surface area contributed by atoms with Crippen LogP contribution in [-0.2, 0) is 0 Å². The molecule has 1 aromatic heterocycles. The molecular weight excluding hydrogens is 605 g/mol. The highest BCUT2D eigenvalue weighted by Crippen LogP contribution is 2.40. The van der Waals surface area contributed by atoms with Crippen molar-refractivity contribution in [3.63, 3.8) is 0 Å². The van der Waals surface area contributed by atoms with E-state index in [1.54, 1.807) is 0 Å². The first-order valence-corrected chi connectivity index (χ1v) is 17.1. The van der Waals surface area contributed by atoms with Crippen molar-refractivity contribution >= 4 is 38.9 Å². The van der Waals surface area contributed by atoms with Crippen LogP contribution in [0.15, 0.2) is 206 Å². The molecule has 0 spiro atoms. The number of hydrogen-bond donors (Lipinski definition) is 0. The normalized spacial score (nSPS) is 11.2. The van der Waals surface area contributed by atoms with Crippen molar-refractivity contribution < 1.29 is 0 Å². The number of aromatic nitrogens is 1. The number of nitrogens with zero attached hydrogens (tertiary/aromatic N) is 2. The van der Waals surface area contributed by atoms with Crippen LogP contribution in [0.1, 0.15) is 0 Å². The summed E-state index contributed by atoms with van der Waals surface area (Å²) >= 11 is 0. The Morgan fingerprint density at radius 2 is 0.700 bits per heavy atom. The first-order chi connectivity index (χ1) is 24.8. The molecule has 0 bridgehead atoms. The summed E-state index contributed by atoms with van der Waals surface area (Å²) in [7, 11) is 0. The Kier molecular flexibility index (Phi) is 7.53. The predicted molar refractivity (Wildman–Crippen MR) is 212 cm³/mol. The molecule has 0 radical (unpaired) electrons. The molecular formula is C48H34N2. The maximum atomic E-state index is 2.41. The van der Waals surface area contributed by atoms with E-state index in [1.807, 2.05) is 0 Å². The lowest BCUT2D eigenvalue weighted by Crippen LogP contribution is -2.09. The van der Waals surface area contributed by atoms with Gasteiger partial charge in [-0.3, -0.25) is 0 Å². The second-order valence-corrected chi connectivity index (χ2v) is 12.6. The second kappa shape index (κ2) is 12.8. The lowest BCUT2D eigenvalue weighted by Gasteiger charge is -2.25. The highest BCUT2D eigenvalue weighted by Gasteiger charge is 2.18. The summed E-state index contributed by atoms with van der Waals surface area (Å²) in [5, 5.41) is 2.47. The van der Waals surface area contributed by atoms with Crippen LogP contribution < -0.4 is 4.90 Å². The van der Waals surface area contributed by atoms with Gasteiger partial charge < -0.3 is 9.47 Å². The topological polar surface area (TPSA) is 8.17 Å². The minimum atomic E-state index is 1.11. The quantitative estimate of drug-likeness (QED) is 0.169. The Labute approximate surface area is 292 Å². The van der Waals surface area contributed by atoms with E-state index in [1.165, 1.54) is 55.2 Å². The molecule has 0 aliphatic rings.